The van der Waals surface area contributed by atoms with E-state index in [1.807, 2.05) is 30.3 Å². The summed E-state index contributed by atoms with van der Waals surface area (Å²) in [7, 11) is 0. The number of fused-ring (bicyclic) bond motifs is 1. The van der Waals surface area contributed by atoms with Gasteiger partial charge in [0.15, 0.2) is 0 Å². The molecule has 1 aromatic heterocycles. The molecule has 0 unspecified atom stereocenters. The number of rotatable bonds is 3. The molecule has 2 aromatic carbocycles. The lowest BCUT2D eigenvalue weighted by Gasteiger charge is -2.17. The largest absolute Gasteiger partial charge is 0.805 e. The number of hydrogen-bond donors (Lipinski definition) is 0. The highest BCUT2D eigenvalue weighted by Gasteiger charge is 2.24. The normalized spacial score (nSPS) is 11.1. The SMILES string of the molecule is O=[n+]1c(Sc2ccccc2)c(CBr)n([O-])c2cc(Cl)c(Cl)cc21. The maximum absolute atomic E-state index is 12.7. The van der Waals surface area contributed by atoms with Crippen LogP contribution >= 0.6 is 50.9 Å². The smallest absolute Gasteiger partial charge is 0.322 e. The van der Waals surface area contributed by atoms with Crippen LogP contribution in [0.3, 0.4) is 0 Å². The Labute approximate surface area is 154 Å². The second-order valence-electron chi connectivity index (χ2n) is 4.64. The second-order valence-corrected chi connectivity index (χ2v) is 7.08. The monoisotopic (exact) mass is 430 g/mol. The van der Waals surface area contributed by atoms with Crippen LogP contribution < -0.4 is 4.43 Å². The van der Waals surface area contributed by atoms with Gasteiger partial charge in [-0.25, -0.2) is 0 Å². The number of benzene rings is 2. The summed E-state index contributed by atoms with van der Waals surface area (Å²) in [6.07, 6.45) is 0. The fraction of sp³-hybridized carbons (Fsp3) is 0.0667. The minimum atomic E-state index is 0.178. The molecule has 0 bridgehead atoms. The zero-order chi connectivity index (χ0) is 16.6. The van der Waals surface area contributed by atoms with Gasteiger partial charge in [0, 0.05) is 15.9 Å². The molecule has 3 aromatic rings. The summed E-state index contributed by atoms with van der Waals surface area (Å²) >= 11 is 16.5. The molecule has 0 aliphatic rings. The lowest BCUT2D eigenvalue weighted by Crippen LogP contribution is -2.24. The predicted octanol–water partition coefficient (Wildman–Crippen LogP) is 5.25. The molecule has 0 N–H and O–H groups in total. The molecule has 1 heterocycles. The third-order valence-corrected chi connectivity index (χ3v) is 5.57. The molecule has 3 rings (SSSR count). The van der Waals surface area contributed by atoms with Gasteiger partial charge >= 0.3 is 5.03 Å². The topological polar surface area (TPSA) is 51.0 Å². The lowest BCUT2D eigenvalue weighted by molar-refractivity contribution is -0.510. The van der Waals surface area contributed by atoms with E-state index in [0.717, 1.165) is 9.32 Å². The van der Waals surface area contributed by atoms with E-state index in [-0.39, 0.29) is 26.4 Å². The van der Waals surface area contributed by atoms with Crippen LogP contribution in [0.5, 0.6) is 0 Å². The van der Waals surface area contributed by atoms with E-state index < -0.39 is 0 Å². The number of hydrogen-bond acceptors (Lipinski definition) is 3. The molecular weight excluding hydrogens is 423 g/mol. The van der Waals surface area contributed by atoms with Crippen LogP contribution in [-0.4, -0.2) is 4.73 Å². The molecule has 0 radical (unpaired) electrons. The maximum atomic E-state index is 12.7. The Bertz CT molecular complexity index is 948. The van der Waals surface area contributed by atoms with Crippen molar-refractivity contribution in [2.45, 2.75) is 15.3 Å². The quantitative estimate of drug-likeness (QED) is 0.420. The van der Waals surface area contributed by atoms with Crippen LogP contribution in [0.2, 0.25) is 10.0 Å². The fourth-order valence-electron chi connectivity index (χ4n) is 2.12. The van der Waals surface area contributed by atoms with Gasteiger partial charge in [0.05, 0.1) is 19.8 Å². The number of aromatic nitrogens is 2. The lowest BCUT2D eigenvalue weighted by atomic mass is 10.3. The zero-order valence-electron chi connectivity index (χ0n) is 11.5. The van der Waals surface area contributed by atoms with Crippen molar-refractivity contribution in [3.63, 3.8) is 0 Å². The molecule has 0 spiro atoms. The Balaban J connectivity index is 2.31. The van der Waals surface area contributed by atoms with Gasteiger partial charge in [0.25, 0.3) is 5.52 Å². The molecule has 0 aliphatic heterocycles. The Morgan fingerprint density at radius 3 is 2.48 bits per heavy atom. The highest BCUT2D eigenvalue weighted by Crippen LogP contribution is 2.32. The first-order valence-electron chi connectivity index (χ1n) is 6.48. The highest BCUT2D eigenvalue weighted by molar-refractivity contribution is 9.08. The maximum Gasteiger partial charge on any atom is 0.322 e. The van der Waals surface area contributed by atoms with Gasteiger partial charge in [-0.05, 0) is 30.0 Å². The third kappa shape index (κ3) is 3.08. The van der Waals surface area contributed by atoms with Crippen LogP contribution in [0.15, 0.2) is 52.4 Å². The van der Waals surface area contributed by atoms with E-state index in [0.29, 0.717) is 15.5 Å². The van der Waals surface area contributed by atoms with E-state index in [4.69, 9.17) is 23.2 Å². The second kappa shape index (κ2) is 6.73. The summed E-state index contributed by atoms with van der Waals surface area (Å²) in [5, 5.41) is 13.6. The first kappa shape index (κ1) is 16.6. The summed E-state index contributed by atoms with van der Waals surface area (Å²) in [6.45, 7) is 0. The standard InChI is InChI=1S/C15H9BrCl2N2O2S/c16-8-14-15(23-9-4-2-1-3-5-9)20(22)13-7-11(18)10(17)6-12(13)19(14)21/h1-7H,8H2. The first-order chi connectivity index (χ1) is 11.0. The molecule has 0 atom stereocenters. The van der Waals surface area contributed by atoms with E-state index in [1.54, 1.807) is 0 Å². The van der Waals surface area contributed by atoms with Gasteiger partial charge in [-0.3, -0.25) is 0 Å². The van der Waals surface area contributed by atoms with Crippen molar-refractivity contribution in [2.24, 2.45) is 0 Å². The van der Waals surface area contributed by atoms with Crippen LogP contribution in [0.1, 0.15) is 5.69 Å². The summed E-state index contributed by atoms with van der Waals surface area (Å²) < 4.78 is 1.44. The summed E-state index contributed by atoms with van der Waals surface area (Å²) in [6, 6.07) is 12.2. The van der Waals surface area contributed by atoms with E-state index in [1.165, 1.54) is 23.9 Å². The van der Waals surface area contributed by atoms with Crippen LogP contribution in [0.4, 0.5) is 0 Å². The molecule has 23 heavy (non-hydrogen) atoms. The Hall–Kier alpha value is -1.21. The molecule has 0 aliphatic carbocycles. The molecule has 0 fully saturated rings. The molecule has 0 saturated heterocycles. The van der Waals surface area contributed by atoms with Crippen LogP contribution in [0.25, 0.3) is 11.0 Å². The van der Waals surface area contributed by atoms with Gasteiger partial charge in [-0.2, -0.15) is 0 Å². The van der Waals surface area contributed by atoms with Gasteiger partial charge in [0.1, 0.15) is 11.2 Å². The number of nitrogens with zero attached hydrogens (tertiary/aromatic N) is 2. The molecule has 0 saturated carbocycles. The molecule has 4 nitrogen and oxygen atoms in total. The Morgan fingerprint density at radius 2 is 1.83 bits per heavy atom. The molecule has 0 amide bonds. The summed E-state index contributed by atoms with van der Waals surface area (Å²) in [4.78, 5) is 13.6. The van der Waals surface area contributed by atoms with Gasteiger partial charge in [0.2, 0.25) is 0 Å². The average Bonchev–Trinajstić information content (AvgIpc) is 2.55. The Kier molecular flexibility index (Phi) is 4.87. The van der Waals surface area contributed by atoms with Crippen molar-refractivity contribution < 1.29 is 4.43 Å². The predicted molar refractivity (Wildman–Crippen MR) is 97.3 cm³/mol. The van der Waals surface area contributed by atoms with E-state index in [2.05, 4.69) is 15.9 Å². The van der Waals surface area contributed by atoms with E-state index in [9.17, 15) is 10.1 Å². The summed E-state index contributed by atoms with van der Waals surface area (Å²) in [5.41, 5.74) is 0.679. The van der Waals surface area contributed by atoms with Crippen LogP contribution in [-0.2, 0) is 5.33 Å². The van der Waals surface area contributed by atoms with Crippen molar-refractivity contribution in [3.8, 4) is 0 Å². The number of alkyl halides is 1. The first-order valence-corrected chi connectivity index (χ1v) is 9.18. The molecular formula is C15H9BrCl2N2O2S. The van der Waals surface area contributed by atoms with Crippen molar-refractivity contribution in [3.05, 3.63) is 68.3 Å². The van der Waals surface area contributed by atoms with Gasteiger partial charge < -0.3 is 9.94 Å². The number of halogens is 3. The fourth-order valence-corrected chi connectivity index (χ4v) is 4.09. The van der Waals surface area contributed by atoms with Crippen molar-refractivity contribution >= 4 is 61.9 Å². The van der Waals surface area contributed by atoms with E-state index >= 15 is 0 Å². The average molecular weight is 432 g/mol. The zero-order valence-corrected chi connectivity index (χ0v) is 15.4. The summed E-state index contributed by atoms with van der Waals surface area (Å²) in [5.74, 6) is 0. The van der Waals surface area contributed by atoms with Gasteiger partial charge in [-0.15, -0.1) is 0 Å². The van der Waals surface area contributed by atoms with Crippen molar-refractivity contribution in [2.75, 3.05) is 0 Å². The molecule has 8 heteroatoms. The molecule has 118 valence electrons. The minimum Gasteiger partial charge on any atom is -0.805 e. The van der Waals surface area contributed by atoms with Gasteiger partial charge in [-0.1, -0.05) is 57.3 Å². The third-order valence-electron chi connectivity index (χ3n) is 3.22. The highest BCUT2D eigenvalue weighted by atomic mass is 79.9. The Morgan fingerprint density at radius 1 is 1.17 bits per heavy atom. The minimum absolute atomic E-state index is 0.178. The van der Waals surface area contributed by atoms with Crippen molar-refractivity contribution in [1.29, 1.82) is 0 Å². The van der Waals surface area contributed by atoms with Crippen molar-refractivity contribution in [1.82, 2.24) is 4.73 Å². The van der Waals surface area contributed by atoms with Crippen LogP contribution in [0, 0.1) is 10.1 Å².